The molecule has 2 rings (SSSR count). The van der Waals surface area contributed by atoms with E-state index in [4.69, 9.17) is 5.73 Å². The molecule has 1 saturated heterocycles. The Kier molecular flexibility index (Phi) is 5.18. The molecule has 7 heteroatoms. The van der Waals surface area contributed by atoms with E-state index in [0.717, 1.165) is 26.1 Å². The molecule has 0 atom stereocenters. The Morgan fingerprint density at radius 3 is 2.52 bits per heavy atom. The Morgan fingerprint density at radius 1 is 1.29 bits per heavy atom. The van der Waals surface area contributed by atoms with Crippen molar-refractivity contribution in [2.75, 3.05) is 38.5 Å². The van der Waals surface area contributed by atoms with Gasteiger partial charge in [-0.1, -0.05) is 13.8 Å². The van der Waals surface area contributed by atoms with Crippen LogP contribution in [0.1, 0.15) is 20.3 Å². The lowest BCUT2D eigenvalue weighted by molar-refractivity contribution is 0.180. The van der Waals surface area contributed by atoms with E-state index >= 15 is 0 Å². The van der Waals surface area contributed by atoms with Crippen molar-refractivity contribution in [3.05, 3.63) is 18.3 Å². The third kappa shape index (κ3) is 3.93. The molecule has 0 radical (unpaired) electrons. The quantitative estimate of drug-likeness (QED) is 0.878. The standard InChI is InChI=1S/C14H24N4O2S/c1-12(2)5-7-17-8-10-18(11-9-17)21(19,20)13-4-3-6-16-14(13)15/h3-4,6,12H,5,7-11H2,1-2H3,(H2,15,16). The van der Waals surface area contributed by atoms with Crippen LogP contribution < -0.4 is 5.73 Å². The second-order valence-corrected chi connectivity index (χ2v) is 7.72. The summed E-state index contributed by atoms with van der Waals surface area (Å²) in [7, 11) is -3.53. The van der Waals surface area contributed by atoms with E-state index < -0.39 is 10.0 Å². The van der Waals surface area contributed by atoms with Crippen LogP contribution in [0.25, 0.3) is 0 Å². The summed E-state index contributed by atoms with van der Waals surface area (Å²) in [4.78, 5) is 6.30. The number of rotatable bonds is 5. The number of nitrogens with zero attached hydrogens (tertiary/aromatic N) is 3. The van der Waals surface area contributed by atoms with Crippen molar-refractivity contribution in [3.8, 4) is 0 Å². The summed E-state index contributed by atoms with van der Waals surface area (Å²) in [6.45, 7) is 7.99. The molecule has 0 unspecified atom stereocenters. The van der Waals surface area contributed by atoms with Gasteiger partial charge in [-0.15, -0.1) is 0 Å². The van der Waals surface area contributed by atoms with Crippen molar-refractivity contribution in [1.82, 2.24) is 14.2 Å². The molecule has 0 aliphatic carbocycles. The van der Waals surface area contributed by atoms with Gasteiger partial charge < -0.3 is 10.6 Å². The van der Waals surface area contributed by atoms with Gasteiger partial charge in [0.25, 0.3) is 0 Å². The predicted molar refractivity (Wildman–Crippen MR) is 83.3 cm³/mol. The highest BCUT2D eigenvalue weighted by atomic mass is 32.2. The van der Waals surface area contributed by atoms with Crippen LogP contribution in [0.4, 0.5) is 5.82 Å². The van der Waals surface area contributed by atoms with Crippen LogP contribution >= 0.6 is 0 Å². The average molecular weight is 312 g/mol. The van der Waals surface area contributed by atoms with Gasteiger partial charge in [-0.25, -0.2) is 13.4 Å². The Morgan fingerprint density at radius 2 is 1.95 bits per heavy atom. The van der Waals surface area contributed by atoms with Crippen LogP contribution in [0, 0.1) is 5.92 Å². The van der Waals surface area contributed by atoms with E-state index in [1.54, 1.807) is 6.07 Å². The predicted octanol–water partition coefficient (Wildman–Crippen LogP) is 1.02. The zero-order valence-electron chi connectivity index (χ0n) is 12.7. The van der Waals surface area contributed by atoms with Crippen molar-refractivity contribution in [1.29, 1.82) is 0 Å². The number of aromatic nitrogens is 1. The number of sulfonamides is 1. The fourth-order valence-corrected chi connectivity index (χ4v) is 3.88. The van der Waals surface area contributed by atoms with E-state index in [0.29, 0.717) is 19.0 Å². The topological polar surface area (TPSA) is 79.5 Å². The molecule has 6 nitrogen and oxygen atoms in total. The normalized spacial score (nSPS) is 18.2. The van der Waals surface area contributed by atoms with E-state index in [1.807, 2.05) is 0 Å². The summed E-state index contributed by atoms with van der Waals surface area (Å²) in [5.74, 6) is 0.738. The molecule has 1 aromatic heterocycles. The molecule has 1 aliphatic rings. The minimum Gasteiger partial charge on any atom is -0.383 e. The van der Waals surface area contributed by atoms with E-state index in [-0.39, 0.29) is 10.7 Å². The van der Waals surface area contributed by atoms with Gasteiger partial charge in [0.15, 0.2) is 0 Å². The second-order valence-electron chi connectivity index (χ2n) is 5.82. The third-order valence-corrected chi connectivity index (χ3v) is 5.72. The Bertz CT molecular complexity index is 566. The molecule has 2 heterocycles. The van der Waals surface area contributed by atoms with E-state index in [1.165, 1.54) is 16.6 Å². The Hall–Kier alpha value is -1.18. The summed E-state index contributed by atoms with van der Waals surface area (Å²) in [5.41, 5.74) is 5.69. The third-order valence-electron chi connectivity index (χ3n) is 3.77. The Labute approximate surface area is 127 Å². The molecule has 2 N–H and O–H groups in total. The Balaban J connectivity index is 2.00. The smallest absolute Gasteiger partial charge is 0.246 e. The first-order valence-electron chi connectivity index (χ1n) is 7.34. The molecule has 0 saturated carbocycles. The largest absolute Gasteiger partial charge is 0.383 e. The van der Waals surface area contributed by atoms with Crippen LogP contribution in [-0.4, -0.2) is 55.3 Å². The lowest BCUT2D eigenvalue weighted by atomic mass is 10.1. The SMILES string of the molecule is CC(C)CCN1CCN(S(=O)(=O)c2cccnc2N)CC1. The molecule has 0 bridgehead atoms. The summed E-state index contributed by atoms with van der Waals surface area (Å²) >= 11 is 0. The van der Waals surface area contributed by atoms with Crippen LogP contribution in [0.2, 0.25) is 0 Å². The number of anilines is 1. The monoisotopic (exact) mass is 312 g/mol. The van der Waals surface area contributed by atoms with Gasteiger partial charge in [0.2, 0.25) is 10.0 Å². The highest BCUT2D eigenvalue weighted by Gasteiger charge is 2.30. The van der Waals surface area contributed by atoms with Crippen LogP contribution in [0.15, 0.2) is 23.2 Å². The average Bonchev–Trinajstić information content (AvgIpc) is 2.46. The fraction of sp³-hybridized carbons (Fsp3) is 0.643. The van der Waals surface area contributed by atoms with Crippen LogP contribution in [-0.2, 0) is 10.0 Å². The van der Waals surface area contributed by atoms with Gasteiger partial charge in [-0.2, -0.15) is 4.31 Å². The molecule has 1 aromatic rings. The molecule has 0 spiro atoms. The first-order chi connectivity index (χ1) is 9.91. The van der Waals surface area contributed by atoms with Gasteiger partial charge >= 0.3 is 0 Å². The number of hydrogen-bond donors (Lipinski definition) is 1. The second kappa shape index (κ2) is 6.72. The van der Waals surface area contributed by atoms with Gasteiger partial charge in [0.05, 0.1) is 0 Å². The van der Waals surface area contributed by atoms with Crippen molar-refractivity contribution >= 4 is 15.8 Å². The number of hydrogen-bond acceptors (Lipinski definition) is 5. The first kappa shape index (κ1) is 16.2. The number of pyridine rings is 1. The molecule has 118 valence electrons. The van der Waals surface area contributed by atoms with Crippen molar-refractivity contribution in [2.45, 2.75) is 25.2 Å². The highest BCUT2D eigenvalue weighted by Crippen LogP contribution is 2.21. The van der Waals surface area contributed by atoms with Gasteiger partial charge in [-0.3, -0.25) is 0 Å². The summed E-state index contributed by atoms with van der Waals surface area (Å²) in [6, 6.07) is 3.12. The number of nitrogens with two attached hydrogens (primary N) is 1. The number of nitrogen functional groups attached to an aromatic ring is 1. The van der Waals surface area contributed by atoms with E-state index in [9.17, 15) is 8.42 Å². The maximum absolute atomic E-state index is 12.6. The first-order valence-corrected chi connectivity index (χ1v) is 8.78. The van der Waals surface area contributed by atoms with Gasteiger partial charge in [0.1, 0.15) is 10.7 Å². The molecule has 0 aromatic carbocycles. The van der Waals surface area contributed by atoms with Crippen molar-refractivity contribution < 1.29 is 8.42 Å². The van der Waals surface area contributed by atoms with E-state index in [2.05, 4.69) is 23.7 Å². The lowest BCUT2D eigenvalue weighted by Crippen LogP contribution is -2.48. The van der Waals surface area contributed by atoms with Crippen LogP contribution in [0.5, 0.6) is 0 Å². The summed E-state index contributed by atoms with van der Waals surface area (Å²) in [6.07, 6.45) is 2.64. The molecular formula is C14H24N4O2S. The maximum atomic E-state index is 12.6. The zero-order valence-corrected chi connectivity index (χ0v) is 13.5. The maximum Gasteiger partial charge on any atom is 0.246 e. The molecule has 0 amide bonds. The lowest BCUT2D eigenvalue weighted by Gasteiger charge is -2.34. The highest BCUT2D eigenvalue weighted by molar-refractivity contribution is 7.89. The van der Waals surface area contributed by atoms with Crippen LogP contribution in [0.3, 0.4) is 0 Å². The molecule has 21 heavy (non-hydrogen) atoms. The minimum absolute atomic E-state index is 0.0692. The van der Waals surface area contributed by atoms with Crippen molar-refractivity contribution in [3.63, 3.8) is 0 Å². The summed E-state index contributed by atoms with van der Waals surface area (Å²) in [5, 5.41) is 0. The summed E-state index contributed by atoms with van der Waals surface area (Å²) < 4.78 is 26.6. The van der Waals surface area contributed by atoms with Gasteiger partial charge in [-0.05, 0) is 31.0 Å². The molecular weight excluding hydrogens is 288 g/mol. The van der Waals surface area contributed by atoms with Gasteiger partial charge in [0, 0.05) is 32.4 Å². The molecule has 1 aliphatic heterocycles. The zero-order chi connectivity index (χ0) is 15.5. The number of piperazine rings is 1. The van der Waals surface area contributed by atoms with Crippen molar-refractivity contribution in [2.24, 2.45) is 5.92 Å². The molecule has 1 fully saturated rings. The fourth-order valence-electron chi connectivity index (χ4n) is 2.39. The minimum atomic E-state index is -3.53.